The van der Waals surface area contributed by atoms with Crippen molar-refractivity contribution < 1.29 is 14.6 Å². The number of hydrogen-bond acceptors (Lipinski definition) is 3. The van der Waals surface area contributed by atoms with Gasteiger partial charge in [-0.15, -0.1) is 0 Å². The van der Waals surface area contributed by atoms with Gasteiger partial charge >= 0.3 is 5.97 Å². The molecular weight excluding hydrogens is 170 g/mol. The Bertz CT molecular complexity index is 166. The van der Waals surface area contributed by atoms with Crippen LogP contribution in [0.4, 0.5) is 0 Å². The molecule has 0 aromatic rings. The summed E-state index contributed by atoms with van der Waals surface area (Å²) in [5.41, 5.74) is 5.81. The van der Waals surface area contributed by atoms with E-state index in [9.17, 15) is 4.79 Å². The SMILES string of the molecule is NC(CCC(=O)O)C1CCCCO1. The zero-order valence-electron chi connectivity index (χ0n) is 7.74. The lowest BCUT2D eigenvalue weighted by Gasteiger charge is -2.27. The number of carboxylic acid groups (broad SMARTS) is 1. The minimum atomic E-state index is -0.786. The summed E-state index contributed by atoms with van der Waals surface area (Å²) in [6.07, 6.45) is 3.95. The second-order valence-electron chi connectivity index (χ2n) is 3.50. The van der Waals surface area contributed by atoms with Crippen LogP contribution in [0, 0.1) is 0 Å². The molecule has 0 radical (unpaired) electrons. The minimum absolute atomic E-state index is 0.0769. The van der Waals surface area contributed by atoms with Gasteiger partial charge in [-0.2, -0.15) is 0 Å². The second kappa shape index (κ2) is 5.19. The van der Waals surface area contributed by atoms with Crippen molar-refractivity contribution in [2.75, 3.05) is 6.61 Å². The fourth-order valence-electron chi connectivity index (χ4n) is 1.58. The van der Waals surface area contributed by atoms with Crippen LogP contribution in [0.25, 0.3) is 0 Å². The number of nitrogens with two attached hydrogens (primary N) is 1. The van der Waals surface area contributed by atoms with Gasteiger partial charge in [0.1, 0.15) is 0 Å². The third-order valence-electron chi connectivity index (χ3n) is 2.38. The molecule has 4 nitrogen and oxygen atoms in total. The van der Waals surface area contributed by atoms with Crippen molar-refractivity contribution in [2.45, 2.75) is 44.2 Å². The molecule has 3 N–H and O–H groups in total. The summed E-state index contributed by atoms with van der Waals surface area (Å²) in [4.78, 5) is 10.3. The zero-order valence-corrected chi connectivity index (χ0v) is 7.74. The molecule has 2 unspecified atom stereocenters. The minimum Gasteiger partial charge on any atom is -0.481 e. The van der Waals surface area contributed by atoms with E-state index in [1.807, 2.05) is 0 Å². The molecule has 0 bridgehead atoms. The van der Waals surface area contributed by atoms with Gasteiger partial charge in [-0.05, 0) is 25.7 Å². The van der Waals surface area contributed by atoms with E-state index in [4.69, 9.17) is 15.6 Å². The molecule has 1 saturated heterocycles. The number of carboxylic acids is 1. The van der Waals surface area contributed by atoms with Gasteiger partial charge in [-0.3, -0.25) is 4.79 Å². The highest BCUT2D eigenvalue weighted by molar-refractivity contribution is 5.66. The standard InChI is InChI=1S/C9H17NO3/c10-7(4-5-9(11)12)8-3-1-2-6-13-8/h7-8H,1-6,10H2,(H,11,12). The maximum Gasteiger partial charge on any atom is 0.303 e. The van der Waals surface area contributed by atoms with Crippen molar-refractivity contribution in [3.05, 3.63) is 0 Å². The first-order valence-corrected chi connectivity index (χ1v) is 4.79. The van der Waals surface area contributed by atoms with Crippen molar-refractivity contribution in [3.8, 4) is 0 Å². The van der Waals surface area contributed by atoms with E-state index in [-0.39, 0.29) is 18.6 Å². The molecule has 13 heavy (non-hydrogen) atoms. The number of hydrogen-bond donors (Lipinski definition) is 2. The van der Waals surface area contributed by atoms with Crippen molar-refractivity contribution in [2.24, 2.45) is 5.73 Å². The largest absolute Gasteiger partial charge is 0.481 e. The van der Waals surface area contributed by atoms with Crippen LogP contribution in [0.3, 0.4) is 0 Å². The van der Waals surface area contributed by atoms with Crippen LogP contribution in [0.5, 0.6) is 0 Å². The lowest BCUT2D eigenvalue weighted by molar-refractivity contribution is -0.137. The first-order valence-electron chi connectivity index (χ1n) is 4.79. The van der Waals surface area contributed by atoms with Crippen LogP contribution >= 0.6 is 0 Å². The van der Waals surface area contributed by atoms with Crippen LogP contribution < -0.4 is 5.73 Å². The normalized spacial score (nSPS) is 25.5. The summed E-state index contributed by atoms with van der Waals surface area (Å²) < 4.78 is 5.45. The Morgan fingerprint density at radius 2 is 2.38 bits per heavy atom. The molecule has 1 aliphatic rings. The Balaban J connectivity index is 2.20. The molecule has 76 valence electrons. The van der Waals surface area contributed by atoms with Gasteiger partial charge in [0.05, 0.1) is 6.10 Å². The van der Waals surface area contributed by atoms with Crippen LogP contribution in [0.1, 0.15) is 32.1 Å². The fourth-order valence-corrected chi connectivity index (χ4v) is 1.58. The van der Waals surface area contributed by atoms with Gasteiger partial charge in [0, 0.05) is 19.1 Å². The van der Waals surface area contributed by atoms with Gasteiger partial charge in [0.25, 0.3) is 0 Å². The summed E-state index contributed by atoms with van der Waals surface area (Å²) in [7, 11) is 0. The van der Waals surface area contributed by atoms with Gasteiger partial charge in [0.2, 0.25) is 0 Å². The van der Waals surface area contributed by atoms with E-state index >= 15 is 0 Å². The lowest BCUT2D eigenvalue weighted by Crippen LogP contribution is -2.39. The highest BCUT2D eigenvalue weighted by atomic mass is 16.5. The summed E-state index contributed by atoms with van der Waals surface area (Å²) in [6, 6.07) is -0.114. The molecule has 0 amide bonds. The van der Waals surface area contributed by atoms with Gasteiger partial charge < -0.3 is 15.6 Å². The Morgan fingerprint density at radius 3 is 2.92 bits per heavy atom. The molecule has 0 aromatic carbocycles. The summed E-state index contributed by atoms with van der Waals surface area (Å²) in [6.45, 7) is 0.769. The Labute approximate surface area is 78.1 Å². The van der Waals surface area contributed by atoms with Crippen LogP contribution in [-0.4, -0.2) is 29.8 Å². The molecule has 0 aliphatic carbocycles. The topological polar surface area (TPSA) is 72.6 Å². The van der Waals surface area contributed by atoms with Crippen LogP contribution in [0.2, 0.25) is 0 Å². The van der Waals surface area contributed by atoms with Crippen molar-refractivity contribution in [1.29, 1.82) is 0 Å². The van der Waals surface area contributed by atoms with E-state index in [2.05, 4.69) is 0 Å². The van der Waals surface area contributed by atoms with E-state index < -0.39 is 5.97 Å². The van der Waals surface area contributed by atoms with Gasteiger partial charge in [0.15, 0.2) is 0 Å². The Hall–Kier alpha value is -0.610. The molecule has 1 rings (SSSR count). The highest BCUT2D eigenvalue weighted by Gasteiger charge is 2.21. The number of aliphatic carboxylic acids is 1. The van der Waals surface area contributed by atoms with E-state index in [1.165, 1.54) is 0 Å². The second-order valence-corrected chi connectivity index (χ2v) is 3.50. The third-order valence-corrected chi connectivity index (χ3v) is 2.38. The number of ether oxygens (including phenoxy) is 1. The third kappa shape index (κ3) is 3.74. The molecular formula is C9H17NO3. The monoisotopic (exact) mass is 187 g/mol. The van der Waals surface area contributed by atoms with Gasteiger partial charge in [-0.25, -0.2) is 0 Å². The van der Waals surface area contributed by atoms with Crippen molar-refractivity contribution >= 4 is 5.97 Å². The van der Waals surface area contributed by atoms with E-state index in [0.717, 1.165) is 25.9 Å². The number of rotatable bonds is 4. The quantitative estimate of drug-likeness (QED) is 0.681. The fraction of sp³-hybridized carbons (Fsp3) is 0.889. The molecule has 4 heteroatoms. The van der Waals surface area contributed by atoms with Crippen LogP contribution in [-0.2, 0) is 9.53 Å². The predicted molar refractivity (Wildman–Crippen MR) is 48.4 cm³/mol. The number of carbonyl (C=O) groups is 1. The predicted octanol–water partition coefficient (Wildman–Crippen LogP) is 0.748. The molecule has 1 heterocycles. The smallest absolute Gasteiger partial charge is 0.303 e. The first kappa shape index (κ1) is 10.5. The molecule has 1 fully saturated rings. The van der Waals surface area contributed by atoms with E-state index in [1.54, 1.807) is 0 Å². The van der Waals surface area contributed by atoms with Crippen molar-refractivity contribution in [3.63, 3.8) is 0 Å². The summed E-state index contributed by atoms with van der Waals surface area (Å²) >= 11 is 0. The maximum atomic E-state index is 10.3. The zero-order chi connectivity index (χ0) is 9.68. The average Bonchev–Trinajstić information content (AvgIpc) is 2.15. The Kier molecular flexibility index (Phi) is 4.18. The first-order chi connectivity index (χ1) is 6.20. The highest BCUT2D eigenvalue weighted by Crippen LogP contribution is 2.17. The molecule has 2 atom stereocenters. The maximum absolute atomic E-state index is 10.3. The van der Waals surface area contributed by atoms with Crippen molar-refractivity contribution in [1.82, 2.24) is 0 Å². The Morgan fingerprint density at radius 1 is 1.62 bits per heavy atom. The van der Waals surface area contributed by atoms with E-state index in [0.29, 0.717) is 6.42 Å². The van der Waals surface area contributed by atoms with Gasteiger partial charge in [-0.1, -0.05) is 0 Å². The summed E-state index contributed by atoms with van der Waals surface area (Å²) in [5.74, 6) is -0.786. The molecule has 0 saturated carbocycles. The average molecular weight is 187 g/mol. The lowest BCUT2D eigenvalue weighted by atomic mass is 9.99. The molecule has 0 aromatic heterocycles. The molecule has 0 spiro atoms. The van der Waals surface area contributed by atoms with Crippen LogP contribution in [0.15, 0.2) is 0 Å². The molecule has 1 aliphatic heterocycles. The summed E-state index contributed by atoms with van der Waals surface area (Å²) in [5, 5.41) is 8.46.